The third-order valence-electron chi connectivity index (χ3n) is 1.60. The van der Waals surface area contributed by atoms with Crippen molar-refractivity contribution in [3.05, 3.63) is 0 Å². The highest BCUT2D eigenvalue weighted by atomic mass is 16.4. The fraction of sp³-hybridized carbons (Fsp3) is 0.800. The van der Waals surface area contributed by atoms with Crippen molar-refractivity contribution < 1.29 is 30.0 Å². The topological polar surface area (TPSA) is 115 Å². The maximum Gasteiger partial charge on any atom is 0.303 e. The van der Waals surface area contributed by atoms with Crippen LogP contribution < -0.4 is 0 Å². The van der Waals surface area contributed by atoms with Crippen molar-refractivity contribution in [3.63, 3.8) is 0 Å². The van der Waals surface area contributed by atoms with Crippen LogP contribution in [0.2, 0.25) is 0 Å². The van der Waals surface area contributed by atoms with Crippen molar-refractivity contribution in [2.24, 2.45) is 0 Å². The molecule has 0 radical (unpaired) electrons. The van der Waals surface area contributed by atoms with E-state index in [2.05, 4.69) is 0 Å². The molecule has 0 fully saturated rings. The second-order valence-corrected chi connectivity index (χ2v) is 3.15. The monoisotopic (exact) mass is 236 g/mol. The zero-order valence-electron chi connectivity index (χ0n) is 9.26. The Morgan fingerprint density at radius 1 is 0.688 bits per heavy atom. The third-order valence-corrected chi connectivity index (χ3v) is 1.60. The van der Waals surface area contributed by atoms with Gasteiger partial charge < -0.3 is 20.4 Å². The Hall–Kier alpha value is -1.14. The van der Waals surface area contributed by atoms with E-state index in [-0.39, 0.29) is 26.1 Å². The molecule has 0 saturated heterocycles. The van der Waals surface area contributed by atoms with Crippen molar-refractivity contribution >= 4 is 11.9 Å². The summed E-state index contributed by atoms with van der Waals surface area (Å²) in [6.45, 7) is 0.390. The summed E-state index contributed by atoms with van der Waals surface area (Å²) in [5.74, 6) is -1.74. The Balaban J connectivity index is 0. The fourth-order valence-corrected chi connectivity index (χ4v) is 0.776. The molecule has 6 heteroatoms. The van der Waals surface area contributed by atoms with E-state index in [9.17, 15) is 9.59 Å². The predicted molar refractivity (Wildman–Crippen MR) is 57.1 cm³/mol. The summed E-state index contributed by atoms with van der Waals surface area (Å²) in [5.41, 5.74) is 0. The standard InChI is InChI=1S/C6H10O4.C4H10O2/c7-5(8)3-1-2-4-6(9)10;5-3-1-2-4-6/h1-4H2,(H,7,8)(H,9,10);5-6H,1-4H2. The summed E-state index contributed by atoms with van der Waals surface area (Å²) in [6.07, 6.45) is 2.46. The van der Waals surface area contributed by atoms with Crippen LogP contribution in [0.5, 0.6) is 0 Å². The number of carboxylic acid groups (broad SMARTS) is 2. The van der Waals surface area contributed by atoms with E-state index in [0.29, 0.717) is 12.8 Å². The minimum Gasteiger partial charge on any atom is -0.481 e. The molecule has 16 heavy (non-hydrogen) atoms. The molecule has 0 saturated carbocycles. The van der Waals surface area contributed by atoms with Crippen LogP contribution in [0.15, 0.2) is 0 Å². The van der Waals surface area contributed by atoms with Crippen molar-refractivity contribution in [2.75, 3.05) is 13.2 Å². The normalized spacial score (nSPS) is 9.12. The molecule has 0 aliphatic carbocycles. The van der Waals surface area contributed by atoms with Gasteiger partial charge in [0.2, 0.25) is 0 Å². The maximum atomic E-state index is 9.90. The first-order chi connectivity index (χ1) is 7.54. The van der Waals surface area contributed by atoms with Crippen molar-refractivity contribution in [1.82, 2.24) is 0 Å². The number of unbranched alkanes of at least 4 members (excludes halogenated alkanes) is 2. The number of hydrogen-bond donors (Lipinski definition) is 4. The zero-order chi connectivity index (χ0) is 12.8. The van der Waals surface area contributed by atoms with Crippen LogP contribution in [-0.2, 0) is 9.59 Å². The van der Waals surface area contributed by atoms with Gasteiger partial charge in [-0.15, -0.1) is 0 Å². The van der Waals surface area contributed by atoms with Gasteiger partial charge in [0, 0.05) is 26.1 Å². The van der Waals surface area contributed by atoms with Gasteiger partial charge >= 0.3 is 11.9 Å². The van der Waals surface area contributed by atoms with Gasteiger partial charge in [-0.05, 0) is 25.7 Å². The van der Waals surface area contributed by atoms with Gasteiger partial charge in [-0.2, -0.15) is 0 Å². The van der Waals surface area contributed by atoms with Crippen molar-refractivity contribution in [3.8, 4) is 0 Å². The molecule has 0 aliphatic rings. The largest absolute Gasteiger partial charge is 0.481 e. The minimum absolute atomic E-state index is 0.0628. The van der Waals surface area contributed by atoms with Crippen molar-refractivity contribution in [2.45, 2.75) is 38.5 Å². The van der Waals surface area contributed by atoms with E-state index in [4.69, 9.17) is 20.4 Å². The van der Waals surface area contributed by atoms with Crippen molar-refractivity contribution in [1.29, 1.82) is 0 Å². The van der Waals surface area contributed by atoms with E-state index in [1.807, 2.05) is 0 Å². The molecule has 6 nitrogen and oxygen atoms in total. The molecule has 96 valence electrons. The van der Waals surface area contributed by atoms with Gasteiger partial charge in [-0.1, -0.05) is 0 Å². The number of hydrogen-bond acceptors (Lipinski definition) is 4. The number of aliphatic hydroxyl groups is 2. The van der Waals surface area contributed by atoms with Gasteiger partial charge in [-0.25, -0.2) is 0 Å². The molecular weight excluding hydrogens is 216 g/mol. The minimum atomic E-state index is -0.870. The van der Waals surface area contributed by atoms with Gasteiger partial charge in [-0.3, -0.25) is 9.59 Å². The third kappa shape index (κ3) is 23.0. The van der Waals surface area contributed by atoms with E-state index >= 15 is 0 Å². The van der Waals surface area contributed by atoms with E-state index in [0.717, 1.165) is 12.8 Å². The maximum absolute atomic E-state index is 9.90. The smallest absolute Gasteiger partial charge is 0.303 e. The van der Waals surface area contributed by atoms with E-state index in [1.54, 1.807) is 0 Å². The number of carboxylic acids is 2. The Morgan fingerprint density at radius 3 is 1.19 bits per heavy atom. The molecular formula is C10H20O6. The fourth-order valence-electron chi connectivity index (χ4n) is 0.776. The molecule has 0 unspecified atom stereocenters. The molecule has 0 aromatic heterocycles. The van der Waals surface area contributed by atoms with Crippen LogP contribution >= 0.6 is 0 Å². The summed E-state index contributed by atoms with van der Waals surface area (Å²) < 4.78 is 0. The second-order valence-electron chi connectivity index (χ2n) is 3.15. The lowest BCUT2D eigenvalue weighted by Gasteiger charge is -1.92. The Bertz CT molecular complexity index is 160. The quantitative estimate of drug-likeness (QED) is 0.455. The van der Waals surface area contributed by atoms with Gasteiger partial charge in [0.05, 0.1) is 0 Å². The Kier molecular flexibility index (Phi) is 15.0. The first-order valence-corrected chi connectivity index (χ1v) is 5.20. The number of aliphatic carboxylic acids is 2. The predicted octanol–water partition coefficient (Wildman–Crippen LogP) is 0.467. The molecule has 0 aliphatic heterocycles. The summed E-state index contributed by atoms with van der Waals surface area (Å²) in [5, 5.41) is 32.4. The van der Waals surface area contributed by atoms with Crippen LogP contribution in [0.25, 0.3) is 0 Å². The van der Waals surface area contributed by atoms with E-state index < -0.39 is 11.9 Å². The molecule has 0 atom stereocenters. The zero-order valence-corrected chi connectivity index (χ0v) is 9.26. The van der Waals surface area contributed by atoms with E-state index in [1.165, 1.54) is 0 Å². The summed E-state index contributed by atoms with van der Waals surface area (Å²) >= 11 is 0. The van der Waals surface area contributed by atoms with Gasteiger partial charge in [0.1, 0.15) is 0 Å². The molecule has 0 rings (SSSR count). The number of aliphatic hydroxyl groups excluding tert-OH is 2. The highest BCUT2D eigenvalue weighted by molar-refractivity contribution is 5.67. The lowest BCUT2D eigenvalue weighted by atomic mass is 10.2. The second kappa shape index (κ2) is 13.9. The first-order valence-electron chi connectivity index (χ1n) is 5.20. The molecule has 0 heterocycles. The molecule has 0 spiro atoms. The molecule has 0 bridgehead atoms. The van der Waals surface area contributed by atoms with Crippen LogP contribution in [0.1, 0.15) is 38.5 Å². The highest BCUT2D eigenvalue weighted by Gasteiger charge is 1.99. The Morgan fingerprint density at radius 2 is 1.00 bits per heavy atom. The summed E-state index contributed by atoms with van der Waals surface area (Å²) in [6, 6.07) is 0. The number of rotatable bonds is 8. The average molecular weight is 236 g/mol. The van der Waals surface area contributed by atoms with Crippen LogP contribution in [-0.4, -0.2) is 45.6 Å². The lowest BCUT2D eigenvalue weighted by molar-refractivity contribution is -0.139. The molecule has 0 amide bonds. The molecule has 0 aromatic carbocycles. The van der Waals surface area contributed by atoms with Gasteiger partial charge in [0.15, 0.2) is 0 Å². The van der Waals surface area contributed by atoms with Crippen LogP contribution in [0.4, 0.5) is 0 Å². The molecule has 4 N–H and O–H groups in total. The Labute approximate surface area is 94.5 Å². The number of carbonyl (C=O) groups is 2. The van der Waals surface area contributed by atoms with Crippen LogP contribution in [0, 0.1) is 0 Å². The lowest BCUT2D eigenvalue weighted by Crippen LogP contribution is -1.97. The molecule has 0 aromatic rings. The summed E-state index contributed by atoms with van der Waals surface area (Å²) in [4.78, 5) is 19.8. The average Bonchev–Trinajstić information content (AvgIpc) is 2.22. The summed E-state index contributed by atoms with van der Waals surface area (Å²) in [7, 11) is 0. The SMILES string of the molecule is O=C(O)CCCCC(=O)O.OCCCCO. The first kappa shape index (κ1) is 17.3. The highest BCUT2D eigenvalue weighted by Crippen LogP contribution is 1.98. The van der Waals surface area contributed by atoms with Crippen LogP contribution in [0.3, 0.4) is 0 Å². The van der Waals surface area contributed by atoms with Gasteiger partial charge in [0.25, 0.3) is 0 Å².